The van der Waals surface area contributed by atoms with Crippen molar-refractivity contribution in [3.8, 4) is 0 Å². The molecule has 0 aromatic carbocycles. The Labute approximate surface area is 95.5 Å². The Morgan fingerprint density at radius 3 is 2.88 bits per heavy atom. The van der Waals surface area contributed by atoms with Crippen LogP contribution in [-0.4, -0.2) is 23.1 Å². The van der Waals surface area contributed by atoms with E-state index in [1.54, 1.807) is 6.07 Å². The Morgan fingerprint density at radius 1 is 1.44 bits per heavy atom. The number of aromatic amines is 1. The first-order valence-corrected chi connectivity index (χ1v) is 6.01. The monoisotopic (exact) mass is 221 g/mol. The van der Waals surface area contributed by atoms with Gasteiger partial charge in [-0.3, -0.25) is 4.79 Å². The van der Waals surface area contributed by atoms with Crippen molar-refractivity contribution in [1.29, 1.82) is 0 Å². The summed E-state index contributed by atoms with van der Waals surface area (Å²) in [6.07, 6.45) is 4.58. The van der Waals surface area contributed by atoms with Crippen LogP contribution in [0.4, 0.5) is 0 Å². The Bertz CT molecular complexity index is 393. The number of nitrogens with zero attached hydrogens (tertiary/aromatic N) is 1. The lowest BCUT2D eigenvalue weighted by Gasteiger charge is -2.22. The van der Waals surface area contributed by atoms with Crippen LogP contribution in [0.3, 0.4) is 0 Å². The van der Waals surface area contributed by atoms with Gasteiger partial charge in [-0.2, -0.15) is 0 Å². The van der Waals surface area contributed by atoms with Crippen LogP contribution >= 0.6 is 0 Å². The minimum absolute atomic E-state index is 0.0344. The van der Waals surface area contributed by atoms with Gasteiger partial charge in [-0.15, -0.1) is 0 Å². The highest BCUT2D eigenvalue weighted by Gasteiger charge is 2.13. The zero-order valence-corrected chi connectivity index (χ0v) is 9.75. The summed E-state index contributed by atoms with van der Waals surface area (Å²) in [5, 5.41) is 3.36. The highest BCUT2D eigenvalue weighted by molar-refractivity contribution is 5.02. The van der Waals surface area contributed by atoms with E-state index in [2.05, 4.69) is 15.3 Å². The lowest BCUT2D eigenvalue weighted by molar-refractivity contribution is 0.353. The third kappa shape index (κ3) is 3.17. The van der Waals surface area contributed by atoms with Crippen molar-refractivity contribution in [3.63, 3.8) is 0 Å². The van der Waals surface area contributed by atoms with Gasteiger partial charge in [0.15, 0.2) is 0 Å². The molecule has 0 aliphatic carbocycles. The third-order valence-electron chi connectivity index (χ3n) is 3.18. The summed E-state index contributed by atoms with van der Waals surface area (Å²) in [5.41, 5.74) is 0.896. The number of hydrogen-bond acceptors (Lipinski definition) is 3. The topological polar surface area (TPSA) is 57.8 Å². The summed E-state index contributed by atoms with van der Waals surface area (Å²) in [7, 11) is 0. The molecule has 4 nitrogen and oxygen atoms in total. The number of piperidine rings is 1. The molecule has 1 aromatic rings. The molecule has 1 aliphatic heterocycles. The van der Waals surface area contributed by atoms with Gasteiger partial charge in [0, 0.05) is 11.8 Å². The maximum atomic E-state index is 11.3. The van der Waals surface area contributed by atoms with Gasteiger partial charge < -0.3 is 10.3 Å². The van der Waals surface area contributed by atoms with Crippen molar-refractivity contribution in [1.82, 2.24) is 15.3 Å². The van der Waals surface area contributed by atoms with Crippen molar-refractivity contribution >= 4 is 0 Å². The summed E-state index contributed by atoms with van der Waals surface area (Å²) in [4.78, 5) is 18.3. The van der Waals surface area contributed by atoms with E-state index >= 15 is 0 Å². The highest BCUT2D eigenvalue weighted by atomic mass is 16.1. The molecule has 1 fully saturated rings. The molecule has 0 bridgehead atoms. The van der Waals surface area contributed by atoms with E-state index in [-0.39, 0.29) is 5.56 Å². The summed E-state index contributed by atoms with van der Waals surface area (Å²) < 4.78 is 0. The fourth-order valence-electron chi connectivity index (χ4n) is 2.29. The van der Waals surface area contributed by atoms with Crippen molar-refractivity contribution < 1.29 is 0 Å². The second kappa shape index (κ2) is 5.25. The molecule has 1 aromatic heterocycles. The minimum atomic E-state index is -0.0344. The van der Waals surface area contributed by atoms with Gasteiger partial charge in [-0.05, 0) is 51.6 Å². The largest absolute Gasteiger partial charge is 0.317 e. The highest BCUT2D eigenvalue weighted by Crippen LogP contribution is 2.17. The van der Waals surface area contributed by atoms with Crippen molar-refractivity contribution in [2.75, 3.05) is 13.1 Å². The average Bonchev–Trinajstić information content (AvgIpc) is 2.27. The summed E-state index contributed by atoms with van der Waals surface area (Å²) in [5.74, 6) is 1.51. The molecule has 2 N–H and O–H groups in total. The molecular weight excluding hydrogens is 202 g/mol. The number of aromatic nitrogens is 2. The van der Waals surface area contributed by atoms with Gasteiger partial charge >= 0.3 is 0 Å². The fourth-order valence-corrected chi connectivity index (χ4v) is 2.29. The van der Waals surface area contributed by atoms with Crippen LogP contribution < -0.4 is 10.9 Å². The fraction of sp³-hybridized carbons (Fsp3) is 0.667. The predicted molar refractivity (Wildman–Crippen MR) is 63.5 cm³/mol. The predicted octanol–water partition coefficient (Wildman–Crippen LogP) is 1.01. The first-order valence-electron chi connectivity index (χ1n) is 6.01. The van der Waals surface area contributed by atoms with E-state index in [1.165, 1.54) is 12.8 Å². The van der Waals surface area contributed by atoms with Crippen LogP contribution in [0.2, 0.25) is 0 Å². The maximum absolute atomic E-state index is 11.3. The van der Waals surface area contributed by atoms with Crippen molar-refractivity contribution in [2.24, 2.45) is 5.92 Å². The standard InChI is InChI=1S/C12H19N3O/c1-9-14-11(8-12(16)15-9)3-2-10-4-6-13-7-5-10/h8,10,13H,2-7H2,1H3,(H,14,15,16). The zero-order chi connectivity index (χ0) is 11.4. The number of aryl methyl sites for hydroxylation is 2. The zero-order valence-electron chi connectivity index (χ0n) is 9.75. The molecule has 2 rings (SSSR count). The average molecular weight is 221 g/mol. The minimum Gasteiger partial charge on any atom is -0.317 e. The molecule has 1 aliphatic rings. The van der Waals surface area contributed by atoms with Crippen LogP contribution in [0.15, 0.2) is 10.9 Å². The molecule has 2 heterocycles. The molecule has 1 saturated heterocycles. The molecule has 0 amide bonds. The normalized spacial score (nSPS) is 17.6. The van der Waals surface area contributed by atoms with E-state index < -0.39 is 0 Å². The third-order valence-corrected chi connectivity index (χ3v) is 3.18. The lowest BCUT2D eigenvalue weighted by Crippen LogP contribution is -2.28. The number of H-pyrrole nitrogens is 1. The van der Waals surface area contributed by atoms with Gasteiger partial charge in [0.25, 0.3) is 5.56 Å². The van der Waals surface area contributed by atoms with Crippen LogP contribution in [0.1, 0.15) is 30.8 Å². The Balaban J connectivity index is 1.90. The van der Waals surface area contributed by atoms with Crippen LogP contribution in [0.5, 0.6) is 0 Å². The van der Waals surface area contributed by atoms with Gasteiger partial charge in [0.05, 0.1) is 0 Å². The molecular formula is C12H19N3O. The molecule has 4 heteroatoms. The first-order chi connectivity index (χ1) is 7.74. The molecule has 0 unspecified atom stereocenters. The van der Waals surface area contributed by atoms with E-state index in [0.717, 1.165) is 37.5 Å². The van der Waals surface area contributed by atoms with Gasteiger partial charge in [0.1, 0.15) is 5.82 Å². The molecule has 88 valence electrons. The number of nitrogens with one attached hydrogen (secondary N) is 2. The second-order valence-electron chi connectivity index (χ2n) is 4.55. The van der Waals surface area contributed by atoms with E-state index in [4.69, 9.17) is 0 Å². The molecule has 0 saturated carbocycles. The van der Waals surface area contributed by atoms with Gasteiger partial charge in [-0.1, -0.05) is 0 Å². The van der Waals surface area contributed by atoms with Gasteiger partial charge in [0.2, 0.25) is 0 Å². The summed E-state index contributed by atoms with van der Waals surface area (Å²) in [6.45, 7) is 4.09. The van der Waals surface area contributed by atoms with Crippen molar-refractivity contribution in [3.05, 3.63) is 27.9 Å². The van der Waals surface area contributed by atoms with E-state index in [1.807, 2.05) is 6.92 Å². The van der Waals surface area contributed by atoms with Crippen LogP contribution in [-0.2, 0) is 6.42 Å². The Morgan fingerprint density at radius 2 is 2.19 bits per heavy atom. The van der Waals surface area contributed by atoms with Gasteiger partial charge in [-0.25, -0.2) is 4.98 Å². The quantitative estimate of drug-likeness (QED) is 0.801. The molecule has 0 spiro atoms. The second-order valence-corrected chi connectivity index (χ2v) is 4.55. The SMILES string of the molecule is Cc1nc(CCC2CCNCC2)cc(=O)[nH]1. The first kappa shape index (κ1) is 11.3. The lowest BCUT2D eigenvalue weighted by atomic mass is 9.92. The number of hydrogen-bond donors (Lipinski definition) is 2. The van der Waals surface area contributed by atoms with Crippen LogP contribution in [0, 0.1) is 12.8 Å². The van der Waals surface area contributed by atoms with Crippen molar-refractivity contribution in [2.45, 2.75) is 32.6 Å². The van der Waals surface area contributed by atoms with E-state index in [0.29, 0.717) is 5.82 Å². The Kier molecular flexibility index (Phi) is 3.72. The molecule has 0 atom stereocenters. The Hall–Kier alpha value is -1.16. The number of rotatable bonds is 3. The molecule has 16 heavy (non-hydrogen) atoms. The van der Waals surface area contributed by atoms with Crippen LogP contribution in [0.25, 0.3) is 0 Å². The molecule has 0 radical (unpaired) electrons. The summed E-state index contributed by atoms with van der Waals surface area (Å²) in [6, 6.07) is 1.62. The van der Waals surface area contributed by atoms with E-state index in [9.17, 15) is 4.79 Å². The maximum Gasteiger partial charge on any atom is 0.251 e. The smallest absolute Gasteiger partial charge is 0.251 e. The summed E-state index contributed by atoms with van der Waals surface area (Å²) >= 11 is 0.